The number of hydrogen-bond acceptors (Lipinski definition) is 6. The Morgan fingerprint density at radius 2 is 1.83 bits per heavy atom. The lowest BCUT2D eigenvalue weighted by molar-refractivity contribution is -0.249. The lowest BCUT2D eigenvalue weighted by Crippen LogP contribution is -2.60. The summed E-state index contributed by atoms with van der Waals surface area (Å²) in [7, 11) is 0. The summed E-state index contributed by atoms with van der Waals surface area (Å²) in [6.07, 6.45) is -5.57. The Morgan fingerprint density at radius 3 is 2.43 bits per heavy atom. The monoisotopic (exact) mass is 424 g/mol. The quantitative estimate of drug-likeness (QED) is 0.569. The van der Waals surface area contributed by atoms with Crippen molar-refractivity contribution in [1.29, 1.82) is 0 Å². The van der Waals surface area contributed by atoms with Gasteiger partial charge in [-0.3, -0.25) is 0 Å². The molecule has 0 bridgehead atoms. The number of halogens is 2. The van der Waals surface area contributed by atoms with Gasteiger partial charge in [0.2, 0.25) is 6.86 Å². The molecule has 0 saturated carbocycles. The number of phenols is 1. The van der Waals surface area contributed by atoms with Crippen LogP contribution >= 0.6 is 0 Å². The fourth-order valence-corrected chi connectivity index (χ4v) is 3.72. The number of aryl methyl sites for hydroxylation is 1. The van der Waals surface area contributed by atoms with E-state index in [0.717, 1.165) is 23.6 Å². The van der Waals surface area contributed by atoms with Gasteiger partial charge in [0.25, 0.3) is 0 Å². The molecular weight excluding hydrogens is 398 g/mol. The summed E-state index contributed by atoms with van der Waals surface area (Å²) in [6.45, 7) is 1.25. The highest BCUT2D eigenvalue weighted by Crippen LogP contribution is 2.42. The van der Waals surface area contributed by atoms with Crippen LogP contribution in [0.25, 0.3) is 0 Å². The first kappa shape index (κ1) is 22.4. The SMILES string of the molecule is Cc1cc(O)c([C@@H]2O[C@H](CO)[C@@](C)(F)[C@H](O)[C@H]2O)cc1Cc1ccc(OCF)cc1. The van der Waals surface area contributed by atoms with Crippen LogP contribution in [0.2, 0.25) is 0 Å². The Balaban J connectivity index is 1.91. The number of benzene rings is 2. The number of phenolic OH excluding ortho intramolecular Hbond substituents is 1. The maximum atomic E-state index is 14.7. The second kappa shape index (κ2) is 8.85. The number of aliphatic hydroxyl groups excluding tert-OH is 3. The predicted molar refractivity (Wildman–Crippen MR) is 105 cm³/mol. The minimum Gasteiger partial charge on any atom is -0.508 e. The molecule has 0 aromatic heterocycles. The third kappa shape index (κ3) is 4.27. The fraction of sp³-hybridized carbons (Fsp3) is 0.455. The maximum Gasteiger partial charge on any atom is 0.228 e. The molecule has 1 saturated heterocycles. The van der Waals surface area contributed by atoms with Gasteiger partial charge in [0.05, 0.1) is 6.61 Å². The highest BCUT2D eigenvalue weighted by atomic mass is 19.1. The molecule has 164 valence electrons. The van der Waals surface area contributed by atoms with E-state index in [2.05, 4.69) is 0 Å². The molecule has 6 nitrogen and oxygen atoms in total. The number of aromatic hydroxyl groups is 1. The van der Waals surface area contributed by atoms with E-state index in [1.54, 1.807) is 30.3 Å². The van der Waals surface area contributed by atoms with Crippen molar-refractivity contribution in [2.45, 2.75) is 50.4 Å². The smallest absolute Gasteiger partial charge is 0.228 e. The van der Waals surface area contributed by atoms with E-state index in [1.165, 1.54) is 6.07 Å². The molecule has 2 aromatic rings. The van der Waals surface area contributed by atoms with Crippen LogP contribution < -0.4 is 4.74 Å². The molecule has 0 radical (unpaired) electrons. The van der Waals surface area contributed by atoms with Crippen LogP contribution in [0, 0.1) is 6.92 Å². The van der Waals surface area contributed by atoms with Crippen molar-refractivity contribution in [2.75, 3.05) is 13.5 Å². The van der Waals surface area contributed by atoms with E-state index >= 15 is 0 Å². The van der Waals surface area contributed by atoms with Crippen molar-refractivity contribution in [3.05, 3.63) is 58.7 Å². The molecular formula is C22H26F2O6. The Hall–Kier alpha value is -2.26. The van der Waals surface area contributed by atoms with E-state index in [-0.39, 0.29) is 11.3 Å². The second-order valence-corrected chi connectivity index (χ2v) is 7.73. The molecule has 30 heavy (non-hydrogen) atoms. The Morgan fingerprint density at radius 1 is 1.17 bits per heavy atom. The third-order valence-electron chi connectivity index (χ3n) is 5.65. The van der Waals surface area contributed by atoms with Gasteiger partial charge in [0.1, 0.15) is 35.9 Å². The summed E-state index contributed by atoms with van der Waals surface area (Å²) < 4.78 is 37.3. The lowest BCUT2D eigenvalue weighted by Gasteiger charge is -2.45. The molecule has 1 aliphatic heterocycles. The average molecular weight is 424 g/mol. The number of rotatable bonds is 6. The minimum absolute atomic E-state index is 0.168. The first-order valence-electron chi connectivity index (χ1n) is 9.60. The van der Waals surface area contributed by atoms with Crippen LogP contribution in [0.5, 0.6) is 11.5 Å². The van der Waals surface area contributed by atoms with Crippen molar-refractivity contribution in [3.63, 3.8) is 0 Å². The van der Waals surface area contributed by atoms with Crippen molar-refractivity contribution < 1.29 is 38.7 Å². The van der Waals surface area contributed by atoms with Gasteiger partial charge in [0.15, 0.2) is 5.67 Å². The first-order chi connectivity index (χ1) is 14.2. The largest absolute Gasteiger partial charge is 0.508 e. The van der Waals surface area contributed by atoms with E-state index in [1.807, 2.05) is 6.92 Å². The van der Waals surface area contributed by atoms with E-state index < -0.39 is 43.6 Å². The molecule has 0 amide bonds. The molecule has 2 aromatic carbocycles. The van der Waals surface area contributed by atoms with Crippen LogP contribution in [-0.4, -0.2) is 57.9 Å². The molecule has 0 spiro atoms. The molecule has 0 aliphatic carbocycles. The van der Waals surface area contributed by atoms with E-state index in [4.69, 9.17) is 9.47 Å². The van der Waals surface area contributed by atoms with Crippen molar-refractivity contribution in [1.82, 2.24) is 0 Å². The molecule has 1 heterocycles. The summed E-state index contributed by atoms with van der Waals surface area (Å²) in [5.74, 6) is 0.236. The summed E-state index contributed by atoms with van der Waals surface area (Å²) in [4.78, 5) is 0. The lowest BCUT2D eigenvalue weighted by atomic mass is 9.82. The summed E-state index contributed by atoms with van der Waals surface area (Å²) in [5, 5.41) is 40.6. The number of hydrogen-bond donors (Lipinski definition) is 4. The molecule has 8 heteroatoms. The van der Waals surface area contributed by atoms with Crippen LogP contribution in [0.1, 0.15) is 35.3 Å². The van der Waals surface area contributed by atoms with Crippen LogP contribution in [0.4, 0.5) is 8.78 Å². The van der Waals surface area contributed by atoms with Crippen molar-refractivity contribution in [3.8, 4) is 11.5 Å². The zero-order valence-corrected chi connectivity index (χ0v) is 16.8. The van der Waals surface area contributed by atoms with Gasteiger partial charge in [0, 0.05) is 5.56 Å². The summed E-state index contributed by atoms with van der Waals surface area (Å²) in [5.41, 5.74) is 0.322. The maximum absolute atomic E-state index is 14.7. The molecule has 0 unspecified atom stereocenters. The van der Waals surface area contributed by atoms with Gasteiger partial charge in [-0.2, -0.15) is 0 Å². The molecule has 5 atom stereocenters. The average Bonchev–Trinajstić information content (AvgIpc) is 2.71. The first-order valence-corrected chi connectivity index (χ1v) is 9.60. The molecule has 1 fully saturated rings. The van der Waals surface area contributed by atoms with Gasteiger partial charge in [-0.25, -0.2) is 8.78 Å². The van der Waals surface area contributed by atoms with Gasteiger partial charge >= 0.3 is 0 Å². The minimum atomic E-state index is -2.35. The molecule has 3 rings (SSSR count). The third-order valence-corrected chi connectivity index (χ3v) is 5.65. The van der Waals surface area contributed by atoms with Crippen LogP contribution in [0.15, 0.2) is 36.4 Å². The summed E-state index contributed by atoms with van der Waals surface area (Å²) >= 11 is 0. The zero-order chi connectivity index (χ0) is 22.1. The Labute approximate surface area is 173 Å². The molecule has 4 N–H and O–H groups in total. The fourth-order valence-electron chi connectivity index (χ4n) is 3.72. The zero-order valence-electron chi connectivity index (χ0n) is 16.8. The van der Waals surface area contributed by atoms with Gasteiger partial charge < -0.3 is 29.9 Å². The van der Waals surface area contributed by atoms with E-state index in [0.29, 0.717) is 12.2 Å². The predicted octanol–water partition coefficient (Wildman–Crippen LogP) is 2.48. The van der Waals surface area contributed by atoms with Crippen molar-refractivity contribution >= 4 is 0 Å². The van der Waals surface area contributed by atoms with E-state index in [9.17, 15) is 29.2 Å². The normalized spacial score (nSPS) is 29.0. The second-order valence-electron chi connectivity index (χ2n) is 7.73. The van der Waals surface area contributed by atoms with Crippen molar-refractivity contribution in [2.24, 2.45) is 0 Å². The Kier molecular flexibility index (Phi) is 6.62. The van der Waals surface area contributed by atoms with Gasteiger partial charge in [-0.15, -0.1) is 0 Å². The number of ether oxygens (including phenoxy) is 2. The summed E-state index contributed by atoms with van der Waals surface area (Å²) in [6, 6.07) is 9.98. The van der Waals surface area contributed by atoms with Crippen LogP contribution in [-0.2, 0) is 11.2 Å². The highest BCUT2D eigenvalue weighted by Gasteiger charge is 2.53. The standard InChI is InChI=1S/C22H26F2O6/c1-12-7-17(26)16(20-19(27)21(28)22(2,24)18(10-25)30-20)9-14(12)8-13-3-5-15(6-4-13)29-11-23/h3-7,9,18-21,25-28H,8,10-11H2,1-2H3/t18-,19+,20+,21-,22-/m1/s1. The topological polar surface area (TPSA) is 99.4 Å². The van der Waals surface area contributed by atoms with Gasteiger partial charge in [-0.1, -0.05) is 12.1 Å². The molecule has 1 aliphatic rings. The van der Waals surface area contributed by atoms with Gasteiger partial charge in [-0.05, 0) is 61.2 Å². The number of alkyl halides is 2. The Bertz CT molecular complexity index is 867. The number of aliphatic hydroxyl groups is 3. The van der Waals surface area contributed by atoms with Crippen LogP contribution in [0.3, 0.4) is 0 Å². The highest BCUT2D eigenvalue weighted by molar-refractivity contribution is 5.45.